The van der Waals surface area contributed by atoms with Gasteiger partial charge in [0.1, 0.15) is 6.20 Å². The first-order valence-electron chi connectivity index (χ1n) is 9.09. The third-order valence-corrected chi connectivity index (χ3v) is 4.70. The van der Waals surface area contributed by atoms with E-state index in [9.17, 15) is 38.8 Å². The molecule has 1 aromatic heterocycles. The number of halogens is 8. The molecule has 2 saturated heterocycles. The molecule has 2 aromatic rings. The van der Waals surface area contributed by atoms with Gasteiger partial charge in [0.2, 0.25) is 0 Å². The molecule has 2 aliphatic rings. The summed E-state index contributed by atoms with van der Waals surface area (Å²) in [7, 11) is -10.7. The van der Waals surface area contributed by atoms with Gasteiger partial charge >= 0.3 is 33.0 Å². The number of epoxide rings is 1. The van der Waals surface area contributed by atoms with Gasteiger partial charge in [0.15, 0.2) is 23.4 Å². The van der Waals surface area contributed by atoms with Crippen LogP contribution in [-0.4, -0.2) is 41.6 Å². The van der Waals surface area contributed by atoms with E-state index in [2.05, 4.69) is 9.97 Å². The summed E-state index contributed by atoms with van der Waals surface area (Å²) < 4.78 is 90.6. The van der Waals surface area contributed by atoms with Crippen LogP contribution < -0.4 is 4.98 Å². The van der Waals surface area contributed by atoms with Crippen molar-refractivity contribution in [3.63, 3.8) is 0 Å². The molecule has 2 fully saturated rings. The SMILES string of the molecule is F[P-](F)(F)(F)(F)F.O=C(C1CO1)N1CCC(c2[nH]c(-c3ccc(F)c(F)c3)c[nH+]2)CC1. The number of imidazole rings is 1. The van der Waals surface area contributed by atoms with Crippen LogP contribution in [0.15, 0.2) is 24.4 Å². The quantitative estimate of drug-likeness (QED) is 0.371. The monoisotopic (exact) mass is 479 g/mol. The van der Waals surface area contributed by atoms with Crippen molar-refractivity contribution in [1.82, 2.24) is 9.88 Å². The topological polar surface area (TPSA) is 62.8 Å². The van der Waals surface area contributed by atoms with E-state index in [1.165, 1.54) is 6.07 Å². The molecular formula is C17H18F8N3O2P. The first-order chi connectivity index (χ1) is 14.1. The standard InChI is InChI=1S/C17H17F2N3O2.F6P/c18-12-2-1-11(7-13(12)19)14-8-20-16(21-14)10-3-5-22(6-4-10)17(23)15-9-24-15;1-7(2,3,4,5)6/h1-2,7-8,10,15H,3-6,9H2,(H,20,21);/q;-1/p+1. The van der Waals surface area contributed by atoms with Crippen LogP contribution in [0.25, 0.3) is 11.3 Å². The zero-order valence-corrected chi connectivity index (χ0v) is 16.6. The van der Waals surface area contributed by atoms with Crippen molar-refractivity contribution in [2.24, 2.45) is 0 Å². The second kappa shape index (κ2) is 7.40. The Hall–Kier alpha value is -2.27. The first-order valence-corrected chi connectivity index (χ1v) is 11.1. The summed E-state index contributed by atoms with van der Waals surface area (Å²) in [6.45, 7) is 1.95. The Kier molecular flexibility index (Phi) is 5.59. The zero-order chi connectivity index (χ0) is 23.1. The molecule has 1 atom stereocenters. The Morgan fingerprint density at radius 1 is 1.06 bits per heavy atom. The molecule has 4 rings (SSSR count). The van der Waals surface area contributed by atoms with Gasteiger partial charge < -0.3 is 9.64 Å². The van der Waals surface area contributed by atoms with Gasteiger partial charge in [-0.15, -0.1) is 0 Å². The van der Waals surface area contributed by atoms with Crippen LogP contribution in [0.4, 0.5) is 34.0 Å². The van der Waals surface area contributed by atoms with Gasteiger partial charge in [0.25, 0.3) is 11.7 Å². The van der Waals surface area contributed by atoms with Crippen molar-refractivity contribution in [2.45, 2.75) is 24.9 Å². The summed E-state index contributed by atoms with van der Waals surface area (Å²) in [5.74, 6) is -0.395. The molecule has 1 unspecified atom stereocenters. The Morgan fingerprint density at radius 3 is 2.16 bits per heavy atom. The van der Waals surface area contributed by atoms with Crippen LogP contribution in [0.2, 0.25) is 0 Å². The zero-order valence-electron chi connectivity index (χ0n) is 15.7. The number of carbonyl (C=O) groups excluding carboxylic acids is 1. The van der Waals surface area contributed by atoms with E-state index in [4.69, 9.17) is 4.74 Å². The predicted octanol–water partition coefficient (Wildman–Crippen LogP) is 5.26. The van der Waals surface area contributed by atoms with Crippen molar-refractivity contribution in [2.75, 3.05) is 19.7 Å². The van der Waals surface area contributed by atoms with Gasteiger partial charge in [0.05, 0.1) is 12.5 Å². The van der Waals surface area contributed by atoms with Crippen molar-refractivity contribution < 1.29 is 48.5 Å². The van der Waals surface area contributed by atoms with Crippen molar-refractivity contribution in [3.8, 4) is 11.3 Å². The van der Waals surface area contributed by atoms with Crippen LogP contribution in [0.1, 0.15) is 24.6 Å². The molecule has 0 bridgehead atoms. The Bertz CT molecular complexity index is 956. The number of likely N-dealkylation sites (tertiary alicyclic amines) is 1. The van der Waals surface area contributed by atoms with E-state index in [0.29, 0.717) is 31.0 Å². The van der Waals surface area contributed by atoms with Gasteiger partial charge in [-0.25, -0.2) is 18.7 Å². The average molecular weight is 479 g/mol. The average Bonchev–Trinajstić information content (AvgIpc) is 3.38. The maximum atomic E-state index is 13.4. The molecule has 1 aromatic carbocycles. The van der Waals surface area contributed by atoms with E-state index in [1.807, 2.05) is 4.90 Å². The largest absolute Gasteiger partial charge is 0.363 e. The molecule has 0 spiro atoms. The minimum Gasteiger partial charge on any atom is -0.363 e. The number of piperidine rings is 1. The number of aromatic nitrogens is 2. The molecule has 2 N–H and O–H groups in total. The smallest absolute Gasteiger partial charge is 0.255 e. The number of hydrogen-bond acceptors (Lipinski definition) is 2. The van der Waals surface area contributed by atoms with E-state index in [-0.39, 0.29) is 17.9 Å². The summed E-state index contributed by atoms with van der Waals surface area (Å²) in [5.41, 5.74) is 1.31. The first kappa shape index (κ1) is 23.4. The number of rotatable bonds is 3. The second-order valence-corrected chi connectivity index (χ2v) is 9.17. The number of H-pyrrole nitrogens is 2. The Balaban J connectivity index is 0.000000339. The van der Waals surface area contributed by atoms with Gasteiger partial charge in [-0.2, -0.15) is 0 Å². The van der Waals surface area contributed by atoms with Gasteiger partial charge in [-0.3, -0.25) is 4.79 Å². The van der Waals surface area contributed by atoms with E-state index in [1.54, 1.807) is 12.3 Å². The number of carbonyl (C=O) groups is 1. The fourth-order valence-corrected chi connectivity index (χ4v) is 3.19. The number of aromatic amines is 2. The fraction of sp³-hybridized carbons (Fsp3) is 0.412. The maximum absolute atomic E-state index is 13.4. The van der Waals surface area contributed by atoms with Crippen molar-refractivity contribution >= 4 is 13.7 Å². The minimum absolute atomic E-state index is 0.0893. The molecule has 0 saturated carbocycles. The van der Waals surface area contributed by atoms with Crippen LogP contribution in [0.5, 0.6) is 0 Å². The predicted molar refractivity (Wildman–Crippen MR) is 94.6 cm³/mol. The minimum atomic E-state index is -10.7. The van der Waals surface area contributed by atoms with E-state index >= 15 is 0 Å². The van der Waals surface area contributed by atoms with Gasteiger partial charge in [-0.1, -0.05) is 0 Å². The van der Waals surface area contributed by atoms with Crippen LogP contribution in [-0.2, 0) is 9.53 Å². The molecule has 0 radical (unpaired) electrons. The van der Waals surface area contributed by atoms with Gasteiger partial charge in [-0.05, 0) is 31.0 Å². The normalized spacial score (nSPS) is 21.5. The van der Waals surface area contributed by atoms with Gasteiger partial charge in [0, 0.05) is 18.7 Å². The number of nitrogens with zero attached hydrogens (tertiary/aromatic N) is 1. The third-order valence-electron chi connectivity index (χ3n) is 4.70. The number of hydrogen-bond donors (Lipinski definition) is 1. The number of nitrogens with one attached hydrogen (secondary N) is 2. The van der Waals surface area contributed by atoms with Crippen LogP contribution in [0.3, 0.4) is 0 Å². The fourth-order valence-electron chi connectivity index (χ4n) is 3.19. The van der Waals surface area contributed by atoms with E-state index < -0.39 is 19.4 Å². The Labute approximate surface area is 170 Å². The second-order valence-electron chi connectivity index (χ2n) is 7.25. The van der Waals surface area contributed by atoms with Crippen LogP contribution in [0, 0.1) is 11.6 Å². The molecule has 2 aliphatic heterocycles. The molecule has 174 valence electrons. The summed E-state index contributed by atoms with van der Waals surface area (Å²) in [6.07, 6.45) is 3.25. The van der Waals surface area contributed by atoms with Crippen molar-refractivity contribution in [3.05, 3.63) is 41.9 Å². The number of benzene rings is 1. The summed E-state index contributed by atoms with van der Waals surface area (Å²) in [6, 6.07) is 3.84. The third kappa shape index (κ3) is 7.73. The molecule has 5 nitrogen and oxygen atoms in total. The summed E-state index contributed by atoms with van der Waals surface area (Å²) >= 11 is 0. The molecular weight excluding hydrogens is 461 g/mol. The maximum Gasteiger partial charge on any atom is 0.255 e. The van der Waals surface area contributed by atoms with Crippen molar-refractivity contribution in [1.29, 1.82) is 0 Å². The molecule has 0 aliphatic carbocycles. The molecule has 1 amide bonds. The number of ether oxygens (including phenoxy) is 1. The molecule has 14 heteroatoms. The summed E-state index contributed by atoms with van der Waals surface area (Å²) in [5, 5.41) is 0. The van der Waals surface area contributed by atoms with E-state index in [0.717, 1.165) is 24.7 Å². The summed E-state index contributed by atoms with van der Waals surface area (Å²) in [4.78, 5) is 20.3. The number of amides is 1. The molecule has 31 heavy (non-hydrogen) atoms. The molecule has 3 heterocycles. The Morgan fingerprint density at radius 2 is 1.65 bits per heavy atom. The van der Waals surface area contributed by atoms with Crippen LogP contribution >= 0.6 is 7.81 Å².